The lowest BCUT2D eigenvalue weighted by Crippen LogP contribution is -2.08. The van der Waals surface area contributed by atoms with E-state index in [1.807, 2.05) is 6.08 Å². The molecular formula is C20H26O6. The van der Waals surface area contributed by atoms with E-state index in [9.17, 15) is 0 Å². The summed E-state index contributed by atoms with van der Waals surface area (Å²) in [6.45, 7) is 6.09. The van der Waals surface area contributed by atoms with Crippen molar-refractivity contribution in [2.75, 3.05) is 46.2 Å². The molecule has 0 aliphatic carbocycles. The molecule has 3 unspecified atom stereocenters. The van der Waals surface area contributed by atoms with Crippen LogP contribution in [-0.4, -0.2) is 64.6 Å². The molecule has 26 heavy (non-hydrogen) atoms. The number of benzene rings is 1. The maximum absolute atomic E-state index is 5.85. The summed E-state index contributed by atoms with van der Waals surface area (Å²) in [5.41, 5.74) is 3.44. The second-order valence-corrected chi connectivity index (χ2v) is 6.82. The maximum atomic E-state index is 5.85. The molecule has 3 saturated heterocycles. The molecular weight excluding hydrogens is 336 g/mol. The van der Waals surface area contributed by atoms with Gasteiger partial charge in [0.05, 0.1) is 59.5 Å². The molecule has 0 amide bonds. The average molecular weight is 362 g/mol. The molecule has 3 heterocycles. The minimum Gasteiger partial charge on any atom is -0.375 e. The predicted octanol–water partition coefficient (Wildman–Crippen LogP) is 1.95. The van der Waals surface area contributed by atoms with Crippen molar-refractivity contribution < 1.29 is 28.4 Å². The van der Waals surface area contributed by atoms with Crippen LogP contribution in [-0.2, 0) is 41.6 Å². The Morgan fingerprint density at radius 1 is 0.846 bits per heavy atom. The van der Waals surface area contributed by atoms with E-state index in [1.54, 1.807) is 0 Å². The van der Waals surface area contributed by atoms with Gasteiger partial charge in [-0.25, -0.2) is 0 Å². The number of hydrogen-bond donors (Lipinski definition) is 0. The normalized spacial score (nSPS) is 26.4. The van der Waals surface area contributed by atoms with Gasteiger partial charge in [-0.2, -0.15) is 0 Å². The zero-order valence-corrected chi connectivity index (χ0v) is 14.9. The lowest BCUT2D eigenvalue weighted by molar-refractivity contribution is 0.0916. The lowest BCUT2D eigenvalue weighted by atomic mass is 10.0. The number of ether oxygens (including phenoxy) is 6. The Morgan fingerprint density at radius 2 is 1.46 bits per heavy atom. The summed E-state index contributed by atoms with van der Waals surface area (Å²) in [6, 6.07) is 6.25. The van der Waals surface area contributed by atoms with Crippen LogP contribution in [0.3, 0.4) is 0 Å². The molecule has 3 aliphatic rings. The second-order valence-electron chi connectivity index (χ2n) is 6.82. The van der Waals surface area contributed by atoms with Gasteiger partial charge in [0.2, 0.25) is 0 Å². The van der Waals surface area contributed by atoms with E-state index >= 15 is 0 Å². The molecule has 1 aromatic rings. The molecule has 0 spiro atoms. The third kappa shape index (κ3) is 6.16. The minimum absolute atomic E-state index is 0.266. The van der Waals surface area contributed by atoms with Gasteiger partial charge >= 0.3 is 0 Å². The first-order valence-corrected chi connectivity index (χ1v) is 9.24. The van der Waals surface area contributed by atoms with Crippen LogP contribution in [0.15, 0.2) is 24.3 Å². The lowest BCUT2D eigenvalue weighted by Gasteiger charge is -2.13. The van der Waals surface area contributed by atoms with Crippen LogP contribution >= 0.6 is 0 Å². The van der Waals surface area contributed by atoms with Crippen molar-refractivity contribution in [2.24, 2.45) is 0 Å². The van der Waals surface area contributed by atoms with Crippen molar-refractivity contribution in [1.82, 2.24) is 0 Å². The molecule has 3 aliphatic heterocycles. The standard InChI is InChI=1S/C20H26O6/c1-3-15(5-2-6-21-8-17-11-24-17)20(14-23-10-19-13-26-19)16(4-1)7-22-9-18-12-25-18/h1-5,17-19H,6-14H2. The Balaban J connectivity index is 1.34. The highest BCUT2D eigenvalue weighted by Gasteiger charge is 2.24. The van der Waals surface area contributed by atoms with Crippen LogP contribution < -0.4 is 0 Å². The van der Waals surface area contributed by atoms with E-state index in [-0.39, 0.29) is 12.2 Å². The van der Waals surface area contributed by atoms with Gasteiger partial charge in [-0.05, 0) is 16.7 Å². The largest absolute Gasteiger partial charge is 0.375 e. The summed E-state index contributed by atoms with van der Waals surface area (Å²) in [7, 11) is 0. The van der Waals surface area contributed by atoms with Gasteiger partial charge in [0.25, 0.3) is 0 Å². The van der Waals surface area contributed by atoms with E-state index in [1.165, 1.54) is 0 Å². The summed E-state index contributed by atoms with van der Waals surface area (Å²) in [5, 5.41) is 0. The Morgan fingerprint density at radius 3 is 2.12 bits per heavy atom. The fourth-order valence-corrected chi connectivity index (χ4v) is 2.65. The predicted molar refractivity (Wildman–Crippen MR) is 94.8 cm³/mol. The van der Waals surface area contributed by atoms with Crippen molar-refractivity contribution in [1.29, 1.82) is 0 Å². The Kier molecular flexibility index (Phi) is 6.32. The molecule has 0 aromatic heterocycles. The Hall–Kier alpha value is -1.28. The molecule has 4 rings (SSSR count). The Labute approximate surface area is 154 Å². The van der Waals surface area contributed by atoms with E-state index in [0.717, 1.165) is 36.5 Å². The van der Waals surface area contributed by atoms with Gasteiger partial charge in [0, 0.05) is 0 Å². The molecule has 0 saturated carbocycles. The summed E-state index contributed by atoms with van der Waals surface area (Å²) < 4.78 is 32.8. The van der Waals surface area contributed by atoms with Crippen LogP contribution in [0.5, 0.6) is 0 Å². The zero-order valence-electron chi connectivity index (χ0n) is 14.9. The smallest absolute Gasteiger partial charge is 0.104 e. The average Bonchev–Trinajstić information content (AvgIpc) is 3.49. The van der Waals surface area contributed by atoms with Crippen molar-refractivity contribution in [3.8, 4) is 0 Å². The number of rotatable bonds is 13. The highest BCUT2D eigenvalue weighted by molar-refractivity contribution is 5.56. The third-order valence-corrected chi connectivity index (χ3v) is 4.44. The zero-order chi connectivity index (χ0) is 17.6. The number of hydrogen-bond acceptors (Lipinski definition) is 6. The van der Waals surface area contributed by atoms with E-state index in [4.69, 9.17) is 28.4 Å². The molecule has 0 radical (unpaired) electrons. The maximum Gasteiger partial charge on any atom is 0.104 e. The molecule has 3 atom stereocenters. The highest BCUT2D eigenvalue weighted by atomic mass is 16.6. The monoisotopic (exact) mass is 362 g/mol. The van der Waals surface area contributed by atoms with Gasteiger partial charge in [-0.15, -0.1) is 0 Å². The van der Waals surface area contributed by atoms with E-state index < -0.39 is 0 Å². The first kappa shape index (κ1) is 18.1. The fraction of sp³-hybridized carbons (Fsp3) is 0.600. The van der Waals surface area contributed by atoms with Crippen LogP contribution in [0.2, 0.25) is 0 Å². The minimum atomic E-state index is 0.266. The van der Waals surface area contributed by atoms with Crippen molar-refractivity contribution in [3.05, 3.63) is 41.0 Å². The van der Waals surface area contributed by atoms with Gasteiger partial charge < -0.3 is 28.4 Å². The quantitative estimate of drug-likeness (QED) is 0.395. The molecule has 6 nitrogen and oxygen atoms in total. The third-order valence-electron chi connectivity index (χ3n) is 4.44. The molecule has 0 bridgehead atoms. The van der Waals surface area contributed by atoms with Crippen LogP contribution in [0.4, 0.5) is 0 Å². The second kappa shape index (κ2) is 9.08. The van der Waals surface area contributed by atoms with Crippen molar-refractivity contribution in [2.45, 2.75) is 31.5 Å². The SMILES string of the molecule is C(=Cc1cccc(COCC2CO2)c1COCC1CO1)COCC1CO1. The van der Waals surface area contributed by atoms with Gasteiger partial charge in [0.1, 0.15) is 18.3 Å². The van der Waals surface area contributed by atoms with Crippen molar-refractivity contribution >= 4 is 6.08 Å². The molecule has 6 heteroatoms. The molecule has 3 fully saturated rings. The van der Waals surface area contributed by atoms with E-state index in [0.29, 0.717) is 45.7 Å². The summed E-state index contributed by atoms with van der Waals surface area (Å²) in [4.78, 5) is 0. The van der Waals surface area contributed by atoms with Gasteiger partial charge in [-0.1, -0.05) is 30.4 Å². The van der Waals surface area contributed by atoms with Crippen LogP contribution in [0.25, 0.3) is 6.08 Å². The van der Waals surface area contributed by atoms with Crippen molar-refractivity contribution in [3.63, 3.8) is 0 Å². The number of epoxide rings is 3. The molecule has 0 N–H and O–H groups in total. The summed E-state index contributed by atoms with van der Waals surface area (Å²) >= 11 is 0. The van der Waals surface area contributed by atoms with Gasteiger partial charge in [0.15, 0.2) is 0 Å². The van der Waals surface area contributed by atoms with Crippen LogP contribution in [0.1, 0.15) is 16.7 Å². The summed E-state index contributed by atoms with van der Waals surface area (Å²) in [5.74, 6) is 0. The van der Waals surface area contributed by atoms with Crippen LogP contribution in [0, 0.1) is 0 Å². The first-order chi connectivity index (χ1) is 12.9. The first-order valence-electron chi connectivity index (χ1n) is 9.24. The molecule has 1 aromatic carbocycles. The van der Waals surface area contributed by atoms with E-state index in [2.05, 4.69) is 24.3 Å². The van der Waals surface area contributed by atoms with Gasteiger partial charge in [-0.3, -0.25) is 0 Å². The highest BCUT2D eigenvalue weighted by Crippen LogP contribution is 2.21. The molecule has 142 valence electrons. The summed E-state index contributed by atoms with van der Waals surface area (Å²) in [6.07, 6.45) is 4.97. The topological polar surface area (TPSA) is 65.3 Å². The fourth-order valence-electron chi connectivity index (χ4n) is 2.65. The Bertz CT molecular complexity index is 604.